The van der Waals surface area contributed by atoms with Crippen LogP contribution in [-0.2, 0) is 16.9 Å². The monoisotopic (exact) mass is 654 g/mol. The van der Waals surface area contributed by atoms with E-state index in [1.54, 1.807) is 16.4 Å². The van der Waals surface area contributed by atoms with Gasteiger partial charge >= 0.3 is 5.97 Å². The van der Waals surface area contributed by atoms with Crippen molar-refractivity contribution in [3.05, 3.63) is 63.1 Å². The van der Waals surface area contributed by atoms with Gasteiger partial charge in [-0.05, 0) is 63.9 Å². The molecule has 0 aliphatic carbocycles. The fraction of sp³-hybridized carbons (Fsp3) is 0.583. The second-order valence-corrected chi connectivity index (χ2v) is 14.3. The van der Waals surface area contributed by atoms with Gasteiger partial charge in [0.2, 0.25) is 11.2 Å². The van der Waals surface area contributed by atoms with Gasteiger partial charge in [-0.1, -0.05) is 52.5 Å². The molecule has 0 unspecified atom stereocenters. The first-order valence-electron chi connectivity index (χ1n) is 16.7. The third-order valence-corrected chi connectivity index (χ3v) is 10.1. The minimum atomic E-state index is -0.923. The molecule has 256 valence electrons. The third-order valence-electron chi connectivity index (χ3n) is 10.1. The first-order valence-corrected chi connectivity index (χ1v) is 16.7. The van der Waals surface area contributed by atoms with Gasteiger partial charge in [-0.3, -0.25) is 19.2 Å². The fourth-order valence-electron chi connectivity index (χ4n) is 6.98. The van der Waals surface area contributed by atoms with Crippen molar-refractivity contribution in [2.24, 2.45) is 11.3 Å². The largest absolute Gasteiger partial charge is 0.420 e. The zero-order valence-corrected chi connectivity index (χ0v) is 28.4. The lowest BCUT2D eigenvalue weighted by molar-refractivity contribution is -0.134. The number of rotatable bonds is 13. The zero-order chi connectivity index (χ0) is 34.7. The molecule has 4 rings (SSSR count). The number of carbonyl (C=O) groups is 3. The molecule has 2 aliphatic heterocycles. The van der Waals surface area contributed by atoms with E-state index in [1.807, 2.05) is 20.8 Å². The summed E-state index contributed by atoms with van der Waals surface area (Å²) in [6.45, 7) is 11.9. The van der Waals surface area contributed by atoms with E-state index >= 15 is 0 Å². The number of fused-ring (bicyclic) bond motifs is 4. The Hall–Kier alpha value is -3.89. The molecule has 1 fully saturated rings. The van der Waals surface area contributed by atoms with Crippen LogP contribution < -0.4 is 15.5 Å². The van der Waals surface area contributed by atoms with Crippen LogP contribution in [0.1, 0.15) is 126 Å². The van der Waals surface area contributed by atoms with Crippen LogP contribution in [0.5, 0.6) is 5.75 Å². The molecular formula is C36H48F2N4O5. The number of amides is 2. The van der Waals surface area contributed by atoms with Gasteiger partial charge in [0.1, 0.15) is 17.2 Å². The molecule has 2 aromatic rings. The Morgan fingerprint density at radius 2 is 1.83 bits per heavy atom. The highest BCUT2D eigenvalue weighted by Gasteiger charge is 2.55. The van der Waals surface area contributed by atoms with Crippen molar-refractivity contribution in [3.8, 4) is 5.75 Å². The normalized spacial score (nSPS) is 22.1. The van der Waals surface area contributed by atoms with Crippen molar-refractivity contribution < 1.29 is 27.9 Å². The van der Waals surface area contributed by atoms with Crippen LogP contribution in [0.2, 0.25) is 0 Å². The molecule has 3 heterocycles. The van der Waals surface area contributed by atoms with Crippen LogP contribution in [0.25, 0.3) is 0 Å². The predicted octanol–water partition coefficient (Wildman–Crippen LogP) is 6.75. The van der Waals surface area contributed by atoms with E-state index < -0.39 is 51.6 Å². The van der Waals surface area contributed by atoms with Gasteiger partial charge in [0.25, 0.3) is 11.8 Å². The van der Waals surface area contributed by atoms with Crippen molar-refractivity contribution in [3.63, 3.8) is 0 Å². The molecule has 2 bridgehead atoms. The van der Waals surface area contributed by atoms with Gasteiger partial charge in [-0.2, -0.15) is 0 Å². The molecule has 2 aliphatic rings. The van der Waals surface area contributed by atoms with E-state index in [-0.39, 0.29) is 42.4 Å². The molecule has 0 saturated carbocycles. The lowest BCUT2D eigenvalue weighted by Gasteiger charge is -2.52. The summed E-state index contributed by atoms with van der Waals surface area (Å²) < 4.78 is 35.1. The zero-order valence-electron chi connectivity index (χ0n) is 28.4. The topological polar surface area (TPSA) is 122 Å². The highest BCUT2D eigenvalue weighted by molar-refractivity contribution is 6.00. The third kappa shape index (κ3) is 7.65. The minimum Gasteiger partial charge on any atom is -0.420 e. The first-order chi connectivity index (χ1) is 22.1. The van der Waals surface area contributed by atoms with Crippen molar-refractivity contribution in [2.75, 3.05) is 6.54 Å². The van der Waals surface area contributed by atoms with Crippen molar-refractivity contribution >= 4 is 23.5 Å². The van der Waals surface area contributed by atoms with E-state index in [9.17, 15) is 28.0 Å². The van der Waals surface area contributed by atoms with Crippen molar-refractivity contribution in [1.82, 2.24) is 14.8 Å². The highest BCUT2D eigenvalue weighted by Crippen LogP contribution is 2.51. The predicted molar refractivity (Wildman–Crippen MR) is 176 cm³/mol. The summed E-state index contributed by atoms with van der Waals surface area (Å²) in [6, 6.07) is 2.79. The van der Waals surface area contributed by atoms with Crippen LogP contribution in [0, 0.1) is 28.4 Å². The number of halogens is 2. The van der Waals surface area contributed by atoms with Gasteiger partial charge in [0.15, 0.2) is 5.69 Å². The number of carbonyl (C=O) groups excluding carboxylic acids is 3. The molecule has 47 heavy (non-hydrogen) atoms. The van der Waals surface area contributed by atoms with E-state index in [2.05, 4.69) is 19.2 Å². The lowest BCUT2D eigenvalue weighted by atomic mass is 9.65. The van der Waals surface area contributed by atoms with Crippen molar-refractivity contribution in [2.45, 2.75) is 117 Å². The van der Waals surface area contributed by atoms with E-state index in [4.69, 9.17) is 10.1 Å². The van der Waals surface area contributed by atoms with E-state index in [0.29, 0.717) is 43.4 Å². The standard InChI is InChI=1S/C36H48F2N4O5/c1-22(2)11-9-7-8-10-12-29(43)47-32-30-34(46)41-21-36(6,35(5,18-23(3)39)16-15-24(41)4)42(30)20-27(31(32)44)33(45)40-19-25-13-14-26(37)17-28(25)38/h13-14,17,20,22,24,39H,7-12,15-16,18-19,21H2,1-6H3,(H,40,45)/t24-,35+,36+/m0/s1. The molecule has 0 spiro atoms. The Labute approximate surface area is 275 Å². The number of benzene rings is 1. The highest BCUT2D eigenvalue weighted by atomic mass is 19.1. The Morgan fingerprint density at radius 3 is 2.49 bits per heavy atom. The van der Waals surface area contributed by atoms with Gasteiger partial charge in [0.05, 0.1) is 5.54 Å². The number of ether oxygens (including phenoxy) is 1. The number of hydrogen-bond donors (Lipinski definition) is 2. The maximum absolute atomic E-state index is 14.3. The second-order valence-electron chi connectivity index (χ2n) is 14.3. The number of pyridine rings is 1. The molecule has 1 aromatic heterocycles. The number of esters is 1. The summed E-state index contributed by atoms with van der Waals surface area (Å²) in [5.41, 5.74) is -2.40. The molecule has 2 N–H and O–H groups in total. The molecule has 1 aromatic carbocycles. The SMILES string of the molecule is CC(=N)C[C@@]1(C)CC[C@H](C)N2C[C@@]1(C)n1cc(C(=O)NCc3ccc(F)cc3F)c(=O)c(OC(=O)CCCCCCC(C)C)c1C2=O. The first kappa shape index (κ1) is 36.0. The van der Waals surface area contributed by atoms with Gasteiger partial charge in [-0.15, -0.1) is 0 Å². The van der Waals surface area contributed by atoms with E-state index in [0.717, 1.165) is 31.7 Å². The maximum Gasteiger partial charge on any atom is 0.311 e. The summed E-state index contributed by atoms with van der Waals surface area (Å²) in [4.78, 5) is 56.6. The Bertz CT molecular complexity index is 1600. The second kappa shape index (κ2) is 14.5. The van der Waals surface area contributed by atoms with Crippen LogP contribution in [0.3, 0.4) is 0 Å². The molecule has 11 heteroatoms. The van der Waals surface area contributed by atoms with E-state index in [1.165, 1.54) is 12.3 Å². The van der Waals surface area contributed by atoms with Crippen LogP contribution >= 0.6 is 0 Å². The van der Waals surface area contributed by atoms with Gasteiger partial charge in [0, 0.05) is 49.1 Å². The van der Waals surface area contributed by atoms with Crippen molar-refractivity contribution in [1.29, 1.82) is 5.41 Å². The number of nitrogens with zero attached hydrogens (tertiary/aromatic N) is 2. The summed E-state index contributed by atoms with van der Waals surface area (Å²) >= 11 is 0. The number of aromatic nitrogens is 1. The molecule has 9 nitrogen and oxygen atoms in total. The quantitative estimate of drug-likeness (QED) is 0.141. The summed E-state index contributed by atoms with van der Waals surface area (Å²) in [7, 11) is 0. The Balaban J connectivity index is 1.77. The summed E-state index contributed by atoms with van der Waals surface area (Å²) in [6.07, 6.45) is 7.57. The van der Waals surface area contributed by atoms with Gasteiger partial charge < -0.3 is 24.9 Å². The Kier molecular flexibility index (Phi) is 11.1. The minimum absolute atomic E-state index is 0.0161. The Morgan fingerprint density at radius 1 is 1.13 bits per heavy atom. The smallest absolute Gasteiger partial charge is 0.311 e. The molecule has 3 atom stereocenters. The number of nitrogens with one attached hydrogen (secondary N) is 2. The molecule has 1 saturated heterocycles. The number of unbranched alkanes of at least 4 members (excludes halogenated alkanes) is 3. The molecular weight excluding hydrogens is 606 g/mol. The average molecular weight is 655 g/mol. The van der Waals surface area contributed by atoms with Crippen LogP contribution in [0.4, 0.5) is 8.78 Å². The number of hydrogen-bond acceptors (Lipinski definition) is 6. The average Bonchev–Trinajstić information content (AvgIpc) is 3.07. The molecule has 2 amide bonds. The fourth-order valence-corrected chi connectivity index (χ4v) is 6.98. The van der Waals surface area contributed by atoms with Gasteiger partial charge in [-0.25, -0.2) is 8.78 Å². The van der Waals surface area contributed by atoms with Crippen LogP contribution in [-0.4, -0.2) is 45.5 Å². The molecule has 0 radical (unpaired) electrons. The van der Waals surface area contributed by atoms with Crippen LogP contribution in [0.15, 0.2) is 29.2 Å². The maximum atomic E-state index is 14.3. The lowest BCUT2D eigenvalue weighted by Crippen LogP contribution is -2.60. The summed E-state index contributed by atoms with van der Waals surface area (Å²) in [5.74, 6) is -3.52. The summed E-state index contributed by atoms with van der Waals surface area (Å²) in [5, 5.41) is 10.9.